The van der Waals surface area contributed by atoms with E-state index in [1.165, 1.54) is 70.6 Å². The number of rotatable bonds is 16. The third kappa shape index (κ3) is 14.9. The molecule has 3 atom stereocenters. The zero-order valence-electron chi connectivity index (χ0n) is 54.4. The molecule has 6 aliphatic carbocycles. The van der Waals surface area contributed by atoms with E-state index >= 15 is 4.89 Å². The van der Waals surface area contributed by atoms with Crippen LogP contribution in [0.1, 0.15) is 278 Å². The SMILES string of the molecule is CC(C)C1CCC(C)(N(C2(C)CCC(C(C)C)CC2)[P+](O)(N(C2(C)CCC(C(C)C)CC2)C2(C)CCC(C(C)C)CC2)N(C2(C)CCC(C(C)C)CC2)C2(C)CCC(C(C)C)CC2n2nnc3ccccc32)CC1.F[P-](F)(F)(F)(F)F. The van der Waals surface area contributed by atoms with Gasteiger partial charge in [-0.25, -0.2) is 4.68 Å². The fraction of sp³-hybridized carbons (Fsp3) is 0.909. The van der Waals surface area contributed by atoms with E-state index in [2.05, 4.69) is 168 Å². The van der Waals surface area contributed by atoms with Crippen molar-refractivity contribution in [2.75, 3.05) is 0 Å². The topological polar surface area (TPSA) is 60.7 Å². The van der Waals surface area contributed by atoms with Crippen LogP contribution in [0.5, 0.6) is 0 Å². The van der Waals surface area contributed by atoms with Crippen LogP contribution in [0.3, 0.4) is 0 Å². The fourth-order valence-electron chi connectivity index (χ4n) is 18.5. The van der Waals surface area contributed by atoms with E-state index in [1.807, 2.05) is 0 Å². The van der Waals surface area contributed by atoms with Crippen molar-refractivity contribution in [1.29, 1.82) is 0 Å². The van der Waals surface area contributed by atoms with Crippen LogP contribution in [-0.4, -0.2) is 67.1 Å². The molecular weight excluding hydrogens is 1070 g/mol. The number of para-hydroxylation sites is 1. The van der Waals surface area contributed by atoms with Crippen molar-refractivity contribution in [2.24, 2.45) is 71.0 Å². The maximum atomic E-state index is 17.2. The molecule has 0 amide bonds. The van der Waals surface area contributed by atoms with Gasteiger partial charge in [0.15, 0.2) is 0 Å². The van der Waals surface area contributed by atoms with E-state index in [0.717, 1.165) is 112 Å². The Bertz CT molecular complexity index is 2200. The third-order valence-electron chi connectivity index (χ3n) is 24.0. The standard InChI is InChI=1S/C66H118N6OP.F6P/c1-46(2)52-23-34-61(13,35-24-52)70(62(14)36-25-53(26-37-62)47(3)4)74(73,71(63(15)38-27-54(28-39-63)48(5)6)64(16)40-29-55(30-41-64)49(7)8)72(65(17)42-31-56(32-43-65)50(9)10)66(18)44-33-57(51(11)12)45-60(66)69-59-22-20-19-21-58(59)67-68-69;1-7(2,3,4,5)6/h19-22,46-57,60,73H,23-45H2,1-18H3;/q+1;-1. The van der Waals surface area contributed by atoms with Crippen molar-refractivity contribution in [2.45, 2.75) is 312 Å². The molecule has 0 radical (unpaired) electrons. The van der Waals surface area contributed by atoms with Crippen LogP contribution in [0.15, 0.2) is 24.3 Å². The van der Waals surface area contributed by atoms with Gasteiger partial charge >= 0.3 is 40.9 Å². The van der Waals surface area contributed by atoms with Gasteiger partial charge in [-0.15, -0.1) is 19.1 Å². The number of nitrogens with zero attached hydrogens (tertiary/aromatic N) is 6. The molecule has 1 aromatic carbocycles. The van der Waals surface area contributed by atoms with Gasteiger partial charge < -0.3 is 0 Å². The number of benzene rings is 1. The first kappa shape index (κ1) is 67.4. The molecule has 6 aliphatic rings. The first-order valence-electron chi connectivity index (χ1n) is 33.0. The monoisotopic (exact) mass is 1190 g/mol. The molecule has 81 heavy (non-hydrogen) atoms. The summed E-state index contributed by atoms with van der Waals surface area (Å²) in [6, 6.07) is 8.90. The number of hydrogen-bond donors (Lipinski definition) is 1. The summed E-state index contributed by atoms with van der Waals surface area (Å²) in [5.41, 5.74) is 0.799. The third-order valence-corrected chi connectivity index (χ3v) is 28.5. The summed E-state index contributed by atoms with van der Waals surface area (Å²) in [6.45, 7) is 46.3. The van der Waals surface area contributed by atoms with E-state index in [0.29, 0.717) is 47.3 Å². The molecule has 0 bridgehead atoms. The van der Waals surface area contributed by atoms with Crippen molar-refractivity contribution >= 4 is 26.8 Å². The van der Waals surface area contributed by atoms with Gasteiger partial charge in [-0.1, -0.05) is 100 Å². The number of fused-ring (bicyclic) bond motifs is 1. The summed E-state index contributed by atoms with van der Waals surface area (Å²) in [5, 5.41) is 10.3. The summed E-state index contributed by atoms with van der Waals surface area (Å²) in [4.78, 5) is 17.2. The van der Waals surface area contributed by atoms with Crippen LogP contribution in [0.2, 0.25) is 0 Å². The Morgan fingerprint density at radius 2 is 0.704 bits per heavy atom. The summed E-state index contributed by atoms with van der Waals surface area (Å²) in [5.74, 6) is 8.18. The molecular formula is C66H118F6N6OP2. The molecule has 6 saturated carbocycles. The van der Waals surface area contributed by atoms with Gasteiger partial charge in [0.05, 0.1) is 44.8 Å². The Morgan fingerprint density at radius 1 is 0.444 bits per heavy atom. The average Bonchev–Trinajstić information content (AvgIpc) is 2.00. The van der Waals surface area contributed by atoms with Crippen molar-refractivity contribution < 1.29 is 30.1 Å². The number of hydrogen-bond acceptors (Lipinski definition) is 6. The summed E-state index contributed by atoms with van der Waals surface area (Å²) in [6.07, 6.45) is 27.4. The Hall–Kier alpha value is -1.10. The Labute approximate surface area is 490 Å². The van der Waals surface area contributed by atoms with Crippen LogP contribution in [0, 0.1) is 71.0 Å². The Kier molecular flexibility index (Phi) is 19.8. The molecule has 1 aromatic heterocycles. The summed E-state index contributed by atoms with van der Waals surface area (Å²) in [7, 11) is -14.3. The molecule has 470 valence electrons. The zero-order valence-corrected chi connectivity index (χ0v) is 56.2. The molecule has 1 heterocycles. The second-order valence-corrected chi connectivity index (χ2v) is 36.2. The molecule has 0 spiro atoms. The van der Waals surface area contributed by atoms with Crippen LogP contribution in [-0.2, 0) is 0 Å². The van der Waals surface area contributed by atoms with Crippen molar-refractivity contribution in [3.63, 3.8) is 0 Å². The Morgan fingerprint density at radius 3 is 0.988 bits per heavy atom. The number of aromatic nitrogens is 3. The first-order chi connectivity index (χ1) is 37.1. The van der Waals surface area contributed by atoms with Crippen molar-refractivity contribution in [3.8, 4) is 0 Å². The second kappa shape index (κ2) is 23.8. The van der Waals surface area contributed by atoms with Gasteiger partial charge in [-0.3, -0.25) is 0 Å². The summed E-state index contributed by atoms with van der Waals surface area (Å²) >= 11 is 0. The fourth-order valence-corrected chi connectivity index (χ4v) is 24.1. The van der Waals surface area contributed by atoms with Crippen molar-refractivity contribution in [1.82, 2.24) is 29.0 Å². The predicted molar refractivity (Wildman–Crippen MR) is 331 cm³/mol. The van der Waals surface area contributed by atoms with Gasteiger partial charge in [-0.2, -0.15) is 4.89 Å². The molecule has 7 nitrogen and oxygen atoms in total. The molecule has 6 fully saturated rings. The van der Waals surface area contributed by atoms with Crippen LogP contribution < -0.4 is 0 Å². The normalized spacial score (nSPS) is 38.5. The quantitative estimate of drug-likeness (QED) is 0.134. The second-order valence-electron chi connectivity index (χ2n) is 32.0. The zero-order chi connectivity index (χ0) is 60.4. The van der Waals surface area contributed by atoms with E-state index in [9.17, 15) is 25.2 Å². The predicted octanol–water partition coefficient (Wildman–Crippen LogP) is 22.2. The minimum absolute atomic E-state index is 0.0499. The van der Waals surface area contributed by atoms with Gasteiger partial charge in [0.2, 0.25) is 0 Å². The van der Waals surface area contributed by atoms with Gasteiger partial charge in [-0.05, 0) is 272 Å². The van der Waals surface area contributed by atoms with E-state index < -0.39 is 21.3 Å². The van der Waals surface area contributed by atoms with Gasteiger partial charge in [0, 0.05) is 0 Å². The molecule has 0 aliphatic heterocycles. The summed E-state index contributed by atoms with van der Waals surface area (Å²) < 4.78 is 71.2. The van der Waals surface area contributed by atoms with Gasteiger partial charge in [0.1, 0.15) is 5.52 Å². The van der Waals surface area contributed by atoms with E-state index in [4.69, 9.17) is 10.3 Å². The average molecular weight is 1190 g/mol. The van der Waals surface area contributed by atoms with Crippen LogP contribution in [0.25, 0.3) is 11.0 Å². The molecule has 15 heteroatoms. The van der Waals surface area contributed by atoms with Crippen molar-refractivity contribution in [3.05, 3.63) is 24.3 Å². The maximum absolute atomic E-state index is 17.2. The minimum atomic E-state index is -10.7. The molecule has 3 unspecified atom stereocenters. The van der Waals surface area contributed by atoms with Crippen LogP contribution >= 0.6 is 15.8 Å². The molecule has 2 aromatic rings. The van der Waals surface area contributed by atoms with Gasteiger partial charge in [0.25, 0.3) is 0 Å². The van der Waals surface area contributed by atoms with E-state index in [1.54, 1.807) is 0 Å². The number of halogens is 6. The molecule has 1 N–H and O–H groups in total. The molecule has 8 rings (SSSR count). The Balaban J connectivity index is 0.00000127. The molecule has 0 saturated heterocycles. The van der Waals surface area contributed by atoms with E-state index in [-0.39, 0.29) is 33.7 Å². The first-order valence-corrected chi connectivity index (χ1v) is 36.6. The van der Waals surface area contributed by atoms with Crippen LogP contribution in [0.4, 0.5) is 25.2 Å².